The third kappa shape index (κ3) is 5.44. The molecule has 118 valence electrons. The summed E-state index contributed by atoms with van der Waals surface area (Å²) in [6.07, 6.45) is -2.45. The van der Waals surface area contributed by atoms with Gasteiger partial charge in [-0.05, 0) is 12.5 Å². The molecule has 21 heavy (non-hydrogen) atoms. The first-order valence-electron chi connectivity index (χ1n) is 6.34. The molecule has 0 spiro atoms. The van der Waals surface area contributed by atoms with Gasteiger partial charge in [-0.3, -0.25) is 14.3 Å². The Labute approximate surface area is 118 Å². The average molecular weight is 307 g/mol. The number of amides is 1. The van der Waals surface area contributed by atoms with Gasteiger partial charge < -0.3 is 10.4 Å². The van der Waals surface area contributed by atoms with Crippen LogP contribution in [0.2, 0.25) is 0 Å². The van der Waals surface area contributed by atoms with Crippen LogP contribution in [0.25, 0.3) is 0 Å². The van der Waals surface area contributed by atoms with E-state index in [0.29, 0.717) is 12.8 Å². The predicted molar refractivity (Wildman–Crippen MR) is 66.3 cm³/mol. The Morgan fingerprint density at radius 2 is 2.14 bits per heavy atom. The van der Waals surface area contributed by atoms with Crippen molar-refractivity contribution in [3.8, 4) is 0 Å². The topological polar surface area (TPSA) is 84.2 Å². The van der Waals surface area contributed by atoms with Gasteiger partial charge in [-0.25, -0.2) is 0 Å². The monoisotopic (exact) mass is 307 g/mol. The van der Waals surface area contributed by atoms with E-state index in [1.165, 1.54) is 0 Å². The number of rotatable bonds is 7. The number of aliphatic carboxylic acids is 1. The first-order chi connectivity index (χ1) is 9.74. The summed E-state index contributed by atoms with van der Waals surface area (Å²) in [7, 11) is 0. The second-order valence-electron chi connectivity index (χ2n) is 4.52. The van der Waals surface area contributed by atoms with E-state index < -0.39 is 36.2 Å². The van der Waals surface area contributed by atoms with E-state index in [0.717, 1.165) is 16.9 Å². The zero-order chi connectivity index (χ0) is 16.0. The molecular weight excluding hydrogens is 291 g/mol. The molecule has 0 saturated heterocycles. The van der Waals surface area contributed by atoms with Crippen LogP contribution in [0.3, 0.4) is 0 Å². The molecule has 2 N–H and O–H groups in total. The molecule has 0 aromatic carbocycles. The molecule has 6 nitrogen and oxygen atoms in total. The molecule has 1 unspecified atom stereocenters. The summed E-state index contributed by atoms with van der Waals surface area (Å²) in [6.45, 7) is 1.37. The molecule has 1 rings (SSSR count). The van der Waals surface area contributed by atoms with Crippen molar-refractivity contribution in [2.24, 2.45) is 5.92 Å². The lowest BCUT2D eigenvalue weighted by molar-refractivity contribution is -0.143. The smallest absolute Gasteiger partial charge is 0.435 e. The van der Waals surface area contributed by atoms with Crippen LogP contribution in [-0.2, 0) is 22.3 Å². The van der Waals surface area contributed by atoms with Crippen LogP contribution in [0.4, 0.5) is 13.2 Å². The number of aromatic nitrogens is 2. The van der Waals surface area contributed by atoms with Gasteiger partial charge in [-0.1, -0.05) is 13.3 Å². The Hall–Kier alpha value is -2.06. The van der Waals surface area contributed by atoms with Gasteiger partial charge in [0.2, 0.25) is 5.91 Å². The van der Waals surface area contributed by atoms with Crippen molar-refractivity contribution in [1.82, 2.24) is 15.1 Å². The van der Waals surface area contributed by atoms with Crippen LogP contribution in [0, 0.1) is 5.92 Å². The van der Waals surface area contributed by atoms with Gasteiger partial charge in [0.25, 0.3) is 0 Å². The standard InChI is InChI=1S/C12H16F3N3O3/c1-2-3-8(11(20)21)6-16-10(19)7-18-5-4-9(17-18)12(13,14)15/h4-5,8H,2-3,6-7H2,1H3,(H,16,19)(H,20,21). The summed E-state index contributed by atoms with van der Waals surface area (Å²) < 4.78 is 37.8. The van der Waals surface area contributed by atoms with Crippen LogP contribution in [-0.4, -0.2) is 33.3 Å². The number of carboxylic acid groups (broad SMARTS) is 1. The van der Waals surface area contributed by atoms with E-state index in [1.807, 2.05) is 6.92 Å². The molecule has 0 saturated carbocycles. The summed E-state index contributed by atoms with van der Waals surface area (Å²) in [5, 5.41) is 14.5. The quantitative estimate of drug-likeness (QED) is 0.800. The highest BCUT2D eigenvalue weighted by molar-refractivity contribution is 5.77. The number of carboxylic acids is 1. The fourth-order valence-corrected chi connectivity index (χ4v) is 1.70. The van der Waals surface area contributed by atoms with Crippen molar-refractivity contribution < 1.29 is 27.9 Å². The SMILES string of the molecule is CCCC(CNC(=O)Cn1ccc(C(F)(F)F)n1)C(=O)O. The van der Waals surface area contributed by atoms with Crippen molar-refractivity contribution in [1.29, 1.82) is 0 Å². The second-order valence-corrected chi connectivity index (χ2v) is 4.52. The number of carbonyl (C=O) groups excluding carboxylic acids is 1. The number of nitrogens with one attached hydrogen (secondary N) is 1. The minimum atomic E-state index is -4.56. The third-order valence-corrected chi connectivity index (χ3v) is 2.77. The van der Waals surface area contributed by atoms with E-state index in [9.17, 15) is 22.8 Å². The second kappa shape index (κ2) is 7.09. The van der Waals surface area contributed by atoms with E-state index in [1.54, 1.807) is 0 Å². The molecular formula is C12H16F3N3O3. The number of halogens is 3. The molecule has 1 aromatic heterocycles. The minimum absolute atomic E-state index is 0.0601. The van der Waals surface area contributed by atoms with Gasteiger partial charge in [-0.15, -0.1) is 0 Å². The predicted octanol–water partition coefficient (Wildman–Crippen LogP) is 1.52. The third-order valence-electron chi connectivity index (χ3n) is 2.77. The van der Waals surface area contributed by atoms with Crippen molar-refractivity contribution in [3.05, 3.63) is 18.0 Å². The summed E-state index contributed by atoms with van der Waals surface area (Å²) >= 11 is 0. The summed E-state index contributed by atoms with van der Waals surface area (Å²) in [5.41, 5.74) is -1.08. The Morgan fingerprint density at radius 3 is 2.62 bits per heavy atom. The molecule has 0 aliphatic carbocycles. The van der Waals surface area contributed by atoms with E-state index in [4.69, 9.17) is 5.11 Å². The first-order valence-corrected chi connectivity index (χ1v) is 6.34. The summed E-state index contributed by atoms with van der Waals surface area (Å²) in [5.74, 6) is -2.31. The highest BCUT2D eigenvalue weighted by atomic mass is 19.4. The molecule has 0 fully saturated rings. The lowest BCUT2D eigenvalue weighted by atomic mass is 10.0. The van der Waals surface area contributed by atoms with Gasteiger partial charge in [0.1, 0.15) is 6.54 Å². The Morgan fingerprint density at radius 1 is 1.48 bits per heavy atom. The van der Waals surface area contributed by atoms with Crippen molar-refractivity contribution in [2.45, 2.75) is 32.5 Å². The summed E-state index contributed by atoms with van der Waals surface area (Å²) in [6, 6.07) is 0.768. The fourth-order valence-electron chi connectivity index (χ4n) is 1.70. The highest BCUT2D eigenvalue weighted by Crippen LogP contribution is 2.27. The number of carbonyl (C=O) groups is 2. The molecule has 0 bridgehead atoms. The highest BCUT2D eigenvalue weighted by Gasteiger charge is 2.33. The zero-order valence-corrected chi connectivity index (χ0v) is 11.4. The normalized spacial score (nSPS) is 13.0. The molecule has 0 radical (unpaired) electrons. The lowest BCUT2D eigenvalue weighted by Crippen LogP contribution is -2.35. The van der Waals surface area contributed by atoms with Crippen molar-refractivity contribution >= 4 is 11.9 Å². The van der Waals surface area contributed by atoms with Crippen LogP contribution in [0.15, 0.2) is 12.3 Å². The van der Waals surface area contributed by atoms with Crippen LogP contribution >= 0.6 is 0 Å². The van der Waals surface area contributed by atoms with Gasteiger partial charge in [0.05, 0.1) is 5.92 Å². The maximum absolute atomic E-state index is 12.3. The Bertz CT molecular complexity index is 499. The Balaban J connectivity index is 2.50. The molecule has 1 heterocycles. The number of nitrogens with zero attached hydrogens (tertiary/aromatic N) is 2. The maximum atomic E-state index is 12.3. The molecule has 0 aliphatic heterocycles. The molecule has 1 amide bonds. The first kappa shape index (κ1) is 17.0. The molecule has 1 atom stereocenters. The van der Waals surface area contributed by atoms with Gasteiger partial charge in [-0.2, -0.15) is 18.3 Å². The number of hydrogen-bond acceptors (Lipinski definition) is 3. The minimum Gasteiger partial charge on any atom is -0.481 e. The van der Waals surface area contributed by atoms with E-state index in [2.05, 4.69) is 10.4 Å². The Kier molecular flexibility index (Phi) is 5.74. The molecule has 1 aromatic rings. The van der Waals surface area contributed by atoms with Crippen LogP contribution in [0.5, 0.6) is 0 Å². The fraction of sp³-hybridized carbons (Fsp3) is 0.583. The maximum Gasteiger partial charge on any atom is 0.435 e. The average Bonchev–Trinajstić information content (AvgIpc) is 2.82. The van der Waals surface area contributed by atoms with Crippen molar-refractivity contribution in [3.63, 3.8) is 0 Å². The van der Waals surface area contributed by atoms with Crippen LogP contribution in [0.1, 0.15) is 25.5 Å². The molecule has 9 heteroatoms. The number of alkyl halides is 3. The van der Waals surface area contributed by atoms with Gasteiger partial charge >= 0.3 is 12.1 Å². The number of hydrogen-bond donors (Lipinski definition) is 2. The van der Waals surface area contributed by atoms with Crippen molar-refractivity contribution in [2.75, 3.05) is 6.54 Å². The van der Waals surface area contributed by atoms with Crippen LogP contribution < -0.4 is 5.32 Å². The largest absolute Gasteiger partial charge is 0.481 e. The lowest BCUT2D eigenvalue weighted by Gasteiger charge is -2.12. The van der Waals surface area contributed by atoms with E-state index in [-0.39, 0.29) is 6.54 Å². The van der Waals surface area contributed by atoms with Gasteiger partial charge in [0.15, 0.2) is 5.69 Å². The molecule has 0 aliphatic rings. The summed E-state index contributed by atoms with van der Waals surface area (Å²) in [4.78, 5) is 22.4. The zero-order valence-electron chi connectivity index (χ0n) is 11.4. The van der Waals surface area contributed by atoms with E-state index >= 15 is 0 Å². The van der Waals surface area contributed by atoms with Gasteiger partial charge in [0, 0.05) is 12.7 Å².